The summed E-state index contributed by atoms with van der Waals surface area (Å²) in [6.07, 6.45) is 1.43. The van der Waals surface area contributed by atoms with Crippen LogP contribution in [0.5, 0.6) is 0 Å². The van der Waals surface area contributed by atoms with Gasteiger partial charge in [0.25, 0.3) is 5.91 Å². The van der Waals surface area contributed by atoms with E-state index in [-0.39, 0.29) is 5.91 Å². The van der Waals surface area contributed by atoms with Crippen molar-refractivity contribution in [1.29, 1.82) is 0 Å². The van der Waals surface area contributed by atoms with Gasteiger partial charge in [-0.25, -0.2) is 0 Å². The van der Waals surface area contributed by atoms with E-state index in [0.717, 1.165) is 5.56 Å². The molecular weight excluding hydrogens is 253 g/mol. The molecule has 2 unspecified atom stereocenters. The Morgan fingerprint density at radius 1 is 1.27 bits per heavy atom. The number of rotatable bonds is 2. The average molecular weight is 262 g/mol. The van der Waals surface area contributed by atoms with Crippen molar-refractivity contribution >= 4 is 37.6 Å². The van der Waals surface area contributed by atoms with Crippen LogP contribution in [-0.2, 0) is 4.79 Å². The van der Waals surface area contributed by atoms with Crippen LogP contribution in [0.1, 0.15) is 10.3 Å². The van der Waals surface area contributed by atoms with Gasteiger partial charge in [0.15, 0.2) is 0 Å². The minimum atomic E-state index is -1.93. The summed E-state index contributed by atoms with van der Waals surface area (Å²) >= 11 is 6.26. The lowest BCUT2D eigenvalue weighted by molar-refractivity contribution is -0.114. The fourth-order valence-electron chi connectivity index (χ4n) is 1.31. The van der Waals surface area contributed by atoms with Crippen molar-refractivity contribution in [1.82, 2.24) is 4.72 Å². The van der Waals surface area contributed by atoms with Crippen molar-refractivity contribution in [2.24, 2.45) is 0 Å². The molecule has 1 N–H and O–H groups in total. The second-order valence-corrected chi connectivity index (χ2v) is 7.55. The summed E-state index contributed by atoms with van der Waals surface area (Å²) in [5.74, 6) is -0.179. The van der Waals surface area contributed by atoms with Crippen LogP contribution < -0.4 is 4.72 Å². The molecule has 5 heteroatoms. The molecule has 2 atom stereocenters. The molecule has 1 aromatic carbocycles. The van der Waals surface area contributed by atoms with E-state index >= 15 is 0 Å². The number of alkyl halides is 1. The Morgan fingerprint density at radius 2 is 1.93 bits per heavy atom. The highest BCUT2D eigenvalue weighted by molar-refractivity contribution is 8.53. The molecule has 1 amide bonds. The highest BCUT2D eigenvalue weighted by Crippen LogP contribution is 2.66. The van der Waals surface area contributed by atoms with Crippen LogP contribution in [0.4, 0.5) is 0 Å². The number of carbonyl (C=O) groups excluding carboxylic acids is 1. The number of nitrogens with one attached hydrogen (secondary N) is 1. The van der Waals surface area contributed by atoms with Crippen molar-refractivity contribution in [3.8, 4) is 0 Å². The van der Waals surface area contributed by atoms with Crippen LogP contribution in [0.3, 0.4) is 0 Å². The molecule has 15 heavy (non-hydrogen) atoms. The SMILES string of the molecule is O=C1C=CS(Cl)(C(Cl)c2ccccc2)N1. The largest absolute Gasteiger partial charge is 0.297 e. The van der Waals surface area contributed by atoms with Crippen LogP contribution in [0.2, 0.25) is 0 Å². The molecule has 1 heterocycles. The van der Waals surface area contributed by atoms with Crippen molar-refractivity contribution in [2.45, 2.75) is 4.71 Å². The highest BCUT2D eigenvalue weighted by atomic mass is 35.7. The summed E-state index contributed by atoms with van der Waals surface area (Å²) in [5.41, 5.74) is 0.913. The zero-order valence-electron chi connectivity index (χ0n) is 7.69. The highest BCUT2D eigenvalue weighted by Gasteiger charge is 2.34. The molecule has 0 spiro atoms. The number of benzene rings is 1. The smallest absolute Gasteiger partial charge is 0.254 e. The zero-order valence-corrected chi connectivity index (χ0v) is 10.0. The molecule has 1 aliphatic heterocycles. The number of carbonyl (C=O) groups is 1. The topological polar surface area (TPSA) is 29.1 Å². The second-order valence-electron chi connectivity index (χ2n) is 3.12. The van der Waals surface area contributed by atoms with Gasteiger partial charge in [0.2, 0.25) is 0 Å². The monoisotopic (exact) mass is 261 g/mol. The Kier molecular flexibility index (Phi) is 2.96. The summed E-state index contributed by atoms with van der Waals surface area (Å²) in [4.78, 5) is 11.1. The van der Waals surface area contributed by atoms with Crippen LogP contribution in [0, 0.1) is 0 Å². The molecule has 0 radical (unpaired) electrons. The molecule has 2 rings (SSSR count). The van der Waals surface area contributed by atoms with Gasteiger partial charge in [-0.15, -0.1) is 11.6 Å². The molecule has 0 fully saturated rings. The summed E-state index contributed by atoms with van der Waals surface area (Å²) < 4.78 is 2.30. The first-order chi connectivity index (χ1) is 7.12. The van der Waals surface area contributed by atoms with Gasteiger partial charge < -0.3 is 0 Å². The summed E-state index contributed by atoms with van der Waals surface area (Å²) in [6.45, 7) is 0. The average Bonchev–Trinajstić information content (AvgIpc) is 2.60. The van der Waals surface area contributed by atoms with Gasteiger partial charge >= 0.3 is 0 Å². The van der Waals surface area contributed by atoms with Gasteiger partial charge in [0.05, 0.1) is 0 Å². The van der Waals surface area contributed by atoms with E-state index in [2.05, 4.69) is 4.72 Å². The molecule has 2 nitrogen and oxygen atoms in total. The Hall–Kier alpha value is -0.640. The standard InChI is InChI=1S/C10H9Cl2NOS/c11-10(8-4-2-1-3-5-8)15(12)7-6-9(14)13-15/h1-7,10H,(H,13,14). The lowest BCUT2D eigenvalue weighted by atomic mass is 10.2. The van der Waals surface area contributed by atoms with Gasteiger partial charge in [0, 0.05) is 6.08 Å². The molecular formula is C10H9Cl2NOS. The Labute approximate surface area is 99.2 Å². The fourth-order valence-corrected chi connectivity index (χ4v) is 4.02. The number of halogens is 2. The maximum atomic E-state index is 11.1. The van der Waals surface area contributed by atoms with Crippen LogP contribution in [0.25, 0.3) is 0 Å². The zero-order chi connectivity index (χ0) is 10.9. The first-order valence-electron chi connectivity index (χ1n) is 4.32. The Bertz CT molecular complexity index is 409. The Balaban J connectivity index is 2.26. The van der Waals surface area contributed by atoms with Crippen LogP contribution in [0.15, 0.2) is 41.8 Å². The maximum absolute atomic E-state index is 11.1. The van der Waals surface area contributed by atoms with Crippen molar-refractivity contribution in [2.75, 3.05) is 0 Å². The predicted molar refractivity (Wildman–Crippen MR) is 65.8 cm³/mol. The minimum Gasteiger partial charge on any atom is -0.297 e. The van der Waals surface area contributed by atoms with Crippen LogP contribution in [-0.4, -0.2) is 5.91 Å². The van der Waals surface area contributed by atoms with E-state index in [0.29, 0.717) is 0 Å². The second kappa shape index (κ2) is 4.08. The number of amides is 1. The third kappa shape index (κ3) is 2.14. The maximum Gasteiger partial charge on any atom is 0.254 e. The van der Waals surface area contributed by atoms with Gasteiger partial charge in [-0.3, -0.25) is 9.52 Å². The van der Waals surface area contributed by atoms with Gasteiger partial charge in [0.1, 0.15) is 4.71 Å². The lowest BCUT2D eigenvalue weighted by Crippen LogP contribution is -2.18. The molecule has 80 valence electrons. The van der Waals surface area contributed by atoms with E-state index < -0.39 is 14.1 Å². The van der Waals surface area contributed by atoms with Crippen molar-refractivity contribution in [3.63, 3.8) is 0 Å². The third-order valence-electron chi connectivity index (χ3n) is 2.04. The van der Waals surface area contributed by atoms with Gasteiger partial charge in [-0.05, 0) is 31.1 Å². The van der Waals surface area contributed by atoms with Crippen molar-refractivity contribution < 1.29 is 4.79 Å². The van der Waals surface area contributed by atoms with Crippen molar-refractivity contribution in [3.05, 3.63) is 47.4 Å². The predicted octanol–water partition coefficient (Wildman–Crippen LogP) is 3.44. The molecule has 0 aromatic heterocycles. The fraction of sp³-hybridized carbons (Fsp3) is 0.100. The molecule has 0 saturated carbocycles. The molecule has 0 saturated heterocycles. The number of hydrogen-bond acceptors (Lipinski definition) is 1. The van der Waals surface area contributed by atoms with Crippen LogP contribution >= 0.6 is 31.7 Å². The quantitative estimate of drug-likeness (QED) is 0.813. The van der Waals surface area contributed by atoms with Gasteiger partial charge in [-0.2, -0.15) is 0 Å². The summed E-state index contributed by atoms with van der Waals surface area (Å²) in [5, 5.41) is 1.67. The van der Waals surface area contributed by atoms with E-state index in [1.54, 1.807) is 5.41 Å². The molecule has 1 aromatic rings. The molecule has 0 bridgehead atoms. The van der Waals surface area contributed by atoms with E-state index in [9.17, 15) is 4.79 Å². The lowest BCUT2D eigenvalue weighted by Gasteiger charge is -2.30. The molecule has 0 aliphatic carbocycles. The van der Waals surface area contributed by atoms with Gasteiger partial charge in [-0.1, -0.05) is 30.3 Å². The Morgan fingerprint density at radius 3 is 2.47 bits per heavy atom. The van der Waals surface area contributed by atoms with E-state index in [1.165, 1.54) is 6.08 Å². The van der Waals surface area contributed by atoms with E-state index in [4.69, 9.17) is 22.3 Å². The first kappa shape index (κ1) is 10.9. The first-order valence-corrected chi connectivity index (χ1v) is 7.35. The summed E-state index contributed by atoms with van der Waals surface area (Å²) in [7, 11) is 4.36. The minimum absolute atomic E-state index is 0.179. The summed E-state index contributed by atoms with van der Waals surface area (Å²) in [6, 6.07) is 9.49. The normalized spacial score (nSPS) is 30.7. The number of hydrogen-bond donors (Lipinski definition) is 1. The third-order valence-corrected chi connectivity index (χ3v) is 6.40. The molecule has 1 aliphatic rings. The van der Waals surface area contributed by atoms with E-state index in [1.807, 2.05) is 30.3 Å².